The summed E-state index contributed by atoms with van der Waals surface area (Å²) in [5, 5.41) is 10.9. The molecule has 0 unspecified atom stereocenters. The van der Waals surface area contributed by atoms with Crippen LogP contribution in [0, 0.1) is 0 Å². The molecular formula is C23H26N2O3. The molecule has 1 aliphatic heterocycles. The van der Waals surface area contributed by atoms with Gasteiger partial charge in [-0.05, 0) is 18.7 Å². The van der Waals surface area contributed by atoms with Crippen molar-refractivity contribution in [2.75, 3.05) is 26.2 Å². The first-order chi connectivity index (χ1) is 13.6. The zero-order valence-corrected chi connectivity index (χ0v) is 16.3. The summed E-state index contributed by atoms with van der Waals surface area (Å²) in [5.41, 5.74) is 1.51. The van der Waals surface area contributed by atoms with Crippen LogP contribution >= 0.6 is 0 Å². The molecule has 0 saturated carbocycles. The summed E-state index contributed by atoms with van der Waals surface area (Å²) in [6.45, 7) is 7.00. The molecular weight excluding hydrogens is 352 g/mol. The van der Waals surface area contributed by atoms with E-state index in [1.165, 1.54) is 0 Å². The van der Waals surface area contributed by atoms with Crippen molar-refractivity contribution in [3.05, 3.63) is 77.4 Å². The van der Waals surface area contributed by atoms with Crippen molar-refractivity contribution in [1.29, 1.82) is 0 Å². The molecule has 1 aliphatic rings. The fourth-order valence-corrected chi connectivity index (χ4v) is 3.63. The fourth-order valence-electron chi connectivity index (χ4n) is 3.63. The van der Waals surface area contributed by atoms with Crippen molar-refractivity contribution < 1.29 is 14.7 Å². The van der Waals surface area contributed by atoms with Crippen LogP contribution in [0.3, 0.4) is 0 Å². The Balaban J connectivity index is 2.06. The topological polar surface area (TPSA) is 60.9 Å². The van der Waals surface area contributed by atoms with Gasteiger partial charge in [-0.15, -0.1) is 0 Å². The molecule has 1 N–H and O–H groups in total. The van der Waals surface area contributed by atoms with E-state index in [-0.39, 0.29) is 11.3 Å². The third-order valence-electron chi connectivity index (χ3n) is 5.25. The number of likely N-dealkylation sites (N-methyl/N-ethyl adjacent to an activating group) is 1. The minimum absolute atomic E-state index is 0.127. The summed E-state index contributed by atoms with van der Waals surface area (Å²) in [4.78, 5) is 29.5. The van der Waals surface area contributed by atoms with E-state index in [4.69, 9.17) is 0 Å². The second-order valence-electron chi connectivity index (χ2n) is 6.80. The highest BCUT2D eigenvalue weighted by Crippen LogP contribution is 2.39. The maximum absolute atomic E-state index is 12.9. The molecule has 146 valence electrons. The predicted octanol–water partition coefficient (Wildman–Crippen LogP) is 3.45. The van der Waals surface area contributed by atoms with Crippen LogP contribution in [0.2, 0.25) is 0 Å². The minimum Gasteiger partial charge on any atom is -0.507 e. The smallest absolute Gasteiger partial charge is 0.295 e. The van der Waals surface area contributed by atoms with Gasteiger partial charge in [0, 0.05) is 18.7 Å². The highest BCUT2D eigenvalue weighted by Gasteiger charge is 2.45. The number of benzene rings is 2. The van der Waals surface area contributed by atoms with Gasteiger partial charge in [0.2, 0.25) is 0 Å². The lowest BCUT2D eigenvalue weighted by atomic mass is 9.95. The maximum Gasteiger partial charge on any atom is 0.295 e. The lowest BCUT2D eigenvalue weighted by Crippen LogP contribution is -2.38. The Labute approximate surface area is 165 Å². The van der Waals surface area contributed by atoms with Gasteiger partial charge >= 0.3 is 0 Å². The molecule has 2 aromatic rings. The van der Waals surface area contributed by atoms with E-state index in [1.807, 2.05) is 36.4 Å². The van der Waals surface area contributed by atoms with Crippen LogP contribution in [0.25, 0.3) is 5.76 Å². The van der Waals surface area contributed by atoms with Gasteiger partial charge in [-0.25, -0.2) is 0 Å². The van der Waals surface area contributed by atoms with E-state index in [9.17, 15) is 14.7 Å². The van der Waals surface area contributed by atoms with Crippen LogP contribution < -0.4 is 0 Å². The Morgan fingerprint density at radius 2 is 1.54 bits per heavy atom. The number of rotatable bonds is 7. The van der Waals surface area contributed by atoms with E-state index in [0.29, 0.717) is 18.7 Å². The van der Waals surface area contributed by atoms with Crippen molar-refractivity contribution in [3.63, 3.8) is 0 Å². The van der Waals surface area contributed by atoms with Gasteiger partial charge in [0.05, 0.1) is 11.6 Å². The van der Waals surface area contributed by atoms with Gasteiger partial charge in [-0.2, -0.15) is 0 Å². The molecule has 0 aromatic heterocycles. The molecule has 2 aromatic carbocycles. The van der Waals surface area contributed by atoms with Crippen LogP contribution in [0.1, 0.15) is 31.0 Å². The quantitative estimate of drug-likeness (QED) is 0.455. The zero-order valence-electron chi connectivity index (χ0n) is 16.3. The van der Waals surface area contributed by atoms with E-state index >= 15 is 0 Å². The van der Waals surface area contributed by atoms with Gasteiger partial charge < -0.3 is 14.9 Å². The SMILES string of the molecule is CCN(CC)CCN1C(=O)C(=O)/C(=C(/O)c2ccccc2)[C@@H]1c1ccccc1. The predicted molar refractivity (Wildman–Crippen MR) is 110 cm³/mol. The number of carbonyl (C=O) groups is 2. The molecule has 1 amide bonds. The fraction of sp³-hybridized carbons (Fsp3) is 0.304. The van der Waals surface area contributed by atoms with Crippen LogP contribution in [0.15, 0.2) is 66.2 Å². The van der Waals surface area contributed by atoms with E-state index in [1.54, 1.807) is 29.2 Å². The first-order valence-electron chi connectivity index (χ1n) is 9.69. The first kappa shape index (κ1) is 19.8. The molecule has 0 radical (unpaired) electrons. The number of amides is 1. The Kier molecular flexibility index (Phi) is 6.26. The Hall–Kier alpha value is -2.92. The number of hydrogen-bond donors (Lipinski definition) is 1. The van der Waals surface area contributed by atoms with Crippen molar-refractivity contribution in [2.45, 2.75) is 19.9 Å². The molecule has 0 spiro atoms. The largest absolute Gasteiger partial charge is 0.507 e. The number of Topliss-reactive ketones (excluding diaryl/α,β-unsaturated/α-hetero) is 1. The van der Waals surface area contributed by atoms with Gasteiger partial charge in [-0.1, -0.05) is 74.5 Å². The number of hydrogen-bond acceptors (Lipinski definition) is 4. The van der Waals surface area contributed by atoms with Crippen LogP contribution in [0.4, 0.5) is 0 Å². The molecule has 28 heavy (non-hydrogen) atoms. The monoisotopic (exact) mass is 378 g/mol. The van der Waals surface area contributed by atoms with Gasteiger partial charge in [-0.3, -0.25) is 9.59 Å². The van der Waals surface area contributed by atoms with E-state index in [0.717, 1.165) is 18.7 Å². The first-order valence-corrected chi connectivity index (χ1v) is 9.69. The van der Waals surface area contributed by atoms with Gasteiger partial charge in [0.25, 0.3) is 11.7 Å². The van der Waals surface area contributed by atoms with Crippen LogP contribution in [-0.2, 0) is 9.59 Å². The number of likely N-dealkylation sites (tertiary alicyclic amines) is 1. The molecule has 1 heterocycles. The van der Waals surface area contributed by atoms with E-state index in [2.05, 4.69) is 18.7 Å². The number of aliphatic hydroxyl groups is 1. The average molecular weight is 378 g/mol. The second-order valence-corrected chi connectivity index (χ2v) is 6.80. The summed E-state index contributed by atoms with van der Waals surface area (Å²) in [5.74, 6) is -1.31. The lowest BCUT2D eigenvalue weighted by Gasteiger charge is -2.28. The summed E-state index contributed by atoms with van der Waals surface area (Å²) >= 11 is 0. The standard InChI is InChI=1S/C23H26N2O3/c1-3-24(4-2)15-16-25-20(17-11-7-5-8-12-17)19(22(27)23(25)28)21(26)18-13-9-6-10-14-18/h5-14,20,26H,3-4,15-16H2,1-2H3/b21-19+/t20-/m0/s1. The third kappa shape index (κ3) is 3.85. The lowest BCUT2D eigenvalue weighted by molar-refractivity contribution is -0.140. The van der Waals surface area contributed by atoms with Gasteiger partial charge in [0.1, 0.15) is 5.76 Å². The summed E-state index contributed by atoms with van der Waals surface area (Å²) in [7, 11) is 0. The summed E-state index contributed by atoms with van der Waals surface area (Å²) < 4.78 is 0. The number of carbonyl (C=O) groups excluding carboxylic acids is 2. The molecule has 1 saturated heterocycles. The average Bonchev–Trinajstić information content (AvgIpc) is 3.00. The molecule has 1 atom stereocenters. The molecule has 0 aliphatic carbocycles. The molecule has 3 rings (SSSR count). The van der Waals surface area contributed by atoms with E-state index < -0.39 is 17.7 Å². The maximum atomic E-state index is 12.9. The number of aliphatic hydroxyl groups excluding tert-OH is 1. The Morgan fingerprint density at radius 1 is 0.964 bits per heavy atom. The molecule has 1 fully saturated rings. The minimum atomic E-state index is -0.630. The summed E-state index contributed by atoms with van der Waals surface area (Å²) in [6, 6.07) is 17.7. The Bertz CT molecular complexity index is 858. The third-order valence-corrected chi connectivity index (χ3v) is 5.25. The van der Waals surface area contributed by atoms with Crippen molar-refractivity contribution in [2.24, 2.45) is 0 Å². The zero-order chi connectivity index (χ0) is 20.1. The van der Waals surface area contributed by atoms with Crippen LogP contribution in [0.5, 0.6) is 0 Å². The summed E-state index contributed by atoms with van der Waals surface area (Å²) in [6.07, 6.45) is 0. The van der Waals surface area contributed by atoms with Crippen molar-refractivity contribution in [3.8, 4) is 0 Å². The second kappa shape index (κ2) is 8.85. The van der Waals surface area contributed by atoms with Crippen molar-refractivity contribution in [1.82, 2.24) is 9.80 Å². The van der Waals surface area contributed by atoms with Gasteiger partial charge in [0.15, 0.2) is 0 Å². The molecule has 0 bridgehead atoms. The highest BCUT2D eigenvalue weighted by molar-refractivity contribution is 6.46. The highest BCUT2D eigenvalue weighted by atomic mass is 16.3. The number of ketones is 1. The Morgan fingerprint density at radius 3 is 2.11 bits per heavy atom. The number of nitrogens with zero attached hydrogens (tertiary/aromatic N) is 2. The molecule has 5 nitrogen and oxygen atoms in total. The van der Waals surface area contributed by atoms with Crippen molar-refractivity contribution >= 4 is 17.4 Å². The normalized spacial score (nSPS) is 18.8. The molecule has 5 heteroatoms. The van der Waals surface area contributed by atoms with Crippen LogP contribution in [-0.4, -0.2) is 52.8 Å².